The Balaban J connectivity index is 1.11. The molecule has 0 bridgehead atoms. The molecule has 0 fully saturated rings. The van der Waals surface area contributed by atoms with Crippen LogP contribution in [0.15, 0.2) is 162 Å². The summed E-state index contributed by atoms with van der Waals surface area (Å²) in [4.78, 5) is 15.2. The van der Waals surface area contributed by atoms with Crippen LogP contribution in [0.4, 0.5) is 0 Å². The van der Waals surface area contributed by atoms with Gasteiger partial charge in [-0.2, -0.15) is 0 Å². The van der Waals surface area contributed by atoms with E-state index in [-0.39, 0.29) is 0 Å². The summed E-state index contributed by atoms with van der Waals surface area (Å²) in [6, 6.07) is 55.4. The lowest BCUT2D eigenvalue weighted by Crippen LogP contribution is -2.01. The van der Waals surface area contributed by atoms with Crippen LogP contribution in [0.2, 0.25) is 0 Å². The molecule has 11 aromatic rings. The van der Waals surface area contributed by atoms with Crippen LogP contribution in [0.3, 0.4) is 0 Å². The molecule has 0 spiro atoms. The predicted molar refractivity (Wildman–Crippen MR) is 212 cm³/mol. The highest BCUT2D eigenvalue weighted by atomic mass is 16.3. The molecular formula is C47H26N4O. The molecule has 0 atom stereocenters. The molecular weight excluding hydrogens is 637 g/mol. The molecule has 1 aliphatic carbocycles. The summed E-state index contributed by atoms with van der Waals surface area (Å²) in [6.07, 6.45) is 0. The molecule has 0 unspecified atom stereocenters. The number of rotatable bonds is 4. The van der Waals surface area contributed by atoms with Crippen molar-refractivity contribution in [2.75, 3.05) is 0 Å². The van der Waals surface area contributed by atoms with Crippen LogP contribution in [0.5, 0.6) is 0 Å². The Morgan fingerprint density at radius 3 is 1.81 bits per heavy atom. The molecule has 0 amide bonds. The molecule has 240 valence electrons. The predicted octanol–water partition coefficient (Wildman–Crippen LogP) is 12.2. The second-order valence-electron chi connectivity index (χ2n) is 13.6. The van der Waals surface area contributed by atoms with Crippen LogP contribution in [0.25, 0.3) is 116 Å². The highest BCUT2D eigenvalue weighted by Gasteiger charge is 2.26. The summed E-state index contributed by atoms with van der Waals surface area (Å²) in [6.45, 7) is 0. The molecule has 3 heterocycles. The fourth-order valence-electron chi connectivity index (χ4n) is 8.47. The van der Waals surface area contributed by atoms with E-state index >= 15 is 0 Å². The van der Waals surface area contributed by atoms with Crippen molar-refractivity contribution in [3.8, 4) is 51.0 Å². The van der Waals surface area contributed by atoms with Gasteiger partial charge in [0, 0.05) is 49.3 Å². The van der Waals surface area contributed by atoms with Gasteiger partial charge in [0.25, 0.3) is 0 Å². The Labute approximate surface area is 297 Å². The third-order valence-electron chi connectivity index (χ3n) is 10.7. The van der Waals surface area contributed by atoms with Crippen molar-refractivity contribution in [1.29, 1.82) is 0 Å². The largest absolute Gasteiger partial charge is 0.456 e. The van der Waals surface area contributed by atoms with Crippen molar-refractivity contribution in [2.45, 2.75) is 0 Å². The zero-order valence-electron chi connectivity index (χ0n) is 27.7. The van der Waals surface area contributed by atoms with Gasteiger partial charge in [-0.3, -0.25) is 0 Å². The Hall–Kier alpha value is -7.11. The lowest BCUT2D eigenvalue weighted by atomic mass is 9.95. The van der Waals surface area contributed by atoms with Crippen molar-refractivity contribution in [3.05, 3.63) is 158 Å². The highest BCUT2D eigenvalue weighted by molar-refractivity contribution is 6.37. The van der Waals surface area contributed by atoms with E-state index < -0.39 is 0 Å². The van der Waals surface area contributed by atoms with Gasteiger partial charge in [0.05, 0.1) is 11.0 Å². The van der Waals surface area contributed by atoms with Gasteiger partial charge in [0.2, 0.25) is 0 Å². The van der Waals surface area contributed by atoms with Crippen molar-refractivity contribution < 1.29 is 4.42 Å². The molecule has 0 aliphatic heterocycles. The smallest absolute Gasteiger partial charge is 0.164 e. The molecule has 0 N–H and O–H groups in total. The first-order valence-electron chi connectivity index (χ1n) is 17.5. The molecule has 52 heavy (non-hydrogen) atoms. The SMILES string of the molecule is c1ccc(-c2nc(-c3cccc(-n4c5cccc6c5c5c7c(ccc54)oc4ccc5cccc-6c5c47)c3)nc(-c3ccc4ccccc4c3)n2)cc1. The topological polar surface area (TPSA) is 56.7 Å². The summed E-state index contributed by atoms with van der Waals surface area (Å²) in [5.74, 6) is 1.91. The van der Waals surface area contributed by atoms with Gasteiger partial charge in [-0.15, -0.1) is 0 Å². The minimum Gasteiger partial charge on any atom is -0.456 e. The molecule has 8 aromatic carbocycles. The maximum atomic E-state index is 6.52. The van der Waals surface area contributed by atoms with Gasteiger partial charge < -0.3 is 8.98 Å². The van der Waals surface area contributed by atoms with E-state index in [1.165, 1.54) is 48.8 Å². The normalized spacial score (nSPS) is 12.2. The van der Waals surface area contributed by atoms with Gasteiger partial charge >= 0.3 is 0 Å². The van der Waals surface area contributed by atoms with E-state index in [1.807, 2.05) is 30.3 Å². The number of hydrogen-bond donors (Lipinski definition) is 0. The third kappa shape index (κ3) is 3.79. The molecule has 3 aromatic heterocycles. The molecule has 0 saturated heterocycles. The minimum atomic E-state index is 0.626. The average Bonchev–Trinajstić information content (AvgIpc) is 3.72. The second kappa shape index (κ2) is 10.2. The first-order valence-corrected chi connectivity index (χ1v) is 17.5. The molecule has 5 nitrogen and oxygen atoms in total. The fourth-order valence-corrected chi connectivity index (χ4v) is 8.47. The van der Waals surface area contributed by atoms with Crippen molar-refractivity contribution in [1.82, 2.24) is 19.5 Å². The zero-order valence-corrected chi connectivity index (χ0v) is 27.7. The number of fused-ring (bicyclic) bond motifs is 2. The summed E-state index contributed by atoms with van der Waals surface area (Å²) < 4.78 is 8.90. The van der Waals surface area contributed by atoms with Crippen LogP contribution >= 0.6 is 0 Å². The number of furan rings is 1. The molecule has 0 radical (unpaired) electrons. The van der Waals surface area contributed by atoms with Gasteiger partial charge in [-0.05, 0) is 69.8 Å². The van der Waals surface area contributed by atoms with Crippen LogP contribution in [0, 0.1) is 0 Å². The van der Waals surface area contributed by atoms with E-state index in [0.717, 1.165) is 50.0 Å². The summed E-state index contributed by atoms with van der Waals surface area (Å²) in [5, 5.41) is 9.65. The third-order valence-corrected chi connectivity index (χ3v) is 10.7. The van der Waals surface area contributed by atoms with Crippen LogP contribution in [0.1, 0.15) is 0 Å². The molecule has 12 rings (SSSR count). The Kier molecular flexibility index (Phi) is 5.44. The Morgan fingerprint density at radius 1 is 0.365 bits per heavy atom. The first kappa shape index (κ1) is 27.7. The Bertz CT molecular complexity index is 3300. The van der Waals surface area contributed by atoms with Crippen molar-refractivity contribution in [2.24, 2.45) is 0 Å². The molecule has 5 heteroatoms. The summed E-state index contributed by atoms with van der Waals surface area (Å²) in [7, 11) is 0. The van der Waals surface area contributed by atoms with E-state index in [9.17, 15) is 0 Å². The maximum absolute atomic E-state index is 6.52. The lowest BCUT2D eigenvalue weighted by molar-refractivity contribution is 0.669. The van der Waals surface area contributed by atoms with Crippen molar-refractivity contribution in [3.63, 3.8) is 0 Å². The van der Waals surface area contributed by atoms with E-state index in [4.69, 9.17) is 19.4 Å². The maximum Gasteiger partial charge on any atom is 0.164 e. The number of nitrogens with zero attached hydrogens (tertiary/aromatic N) is 4. The number of hydrogen-bond acceptors (Lipinski definition) is 4. The van der Waals surface area contributed by atoms with E-state index in [1.54, 1.807) is 0 Å². The standard InChI is InChI=1S/C47H26N4O/c1-2-10-29(11-3-1)45-48-46(50-47(49-45)32-20-19-27-9-4-5-12-30(27)25-32)31-14-6-15-33(26-31)51-36-18-8-17-35-34-16-7-13-28-21-23-38-43(40(28)34)44-39(52-38)24-22-37(51)42(44)41(35)36/h1-26H. The fraction of sp³-hybridized carbons (Fsp3) is 0. The first-order chi connectivity index (χ1) is 25.8. The molecule has 1 aliphatic rings. The Morgan fingerprint density at radius 2 is 0.962 bits per heavy atom. The average molecular weight is 663 g/mol. The summed E-state index contributed by atoms with van der Waals surface area (Å²) >= 11 is 0. The molecule has 0 saturated carbocycles. The van der Waals surface area contributed by atoms with Gasteiger partial charge in [0.15, 0.2) is 17.5 Å². The van der Waals surface area contributed by atoms with Crippen molar-refractivity contribution >= 4 is 65.3 Å². The van der Waals surface area contributed by atoms with Crippen LogP contribution in [-0.2, 0) is 0 Å². The monoisotopic (exact) mass is 662 g/mol. The van der Waals surface area contributed by atoms with Gasteiger partial charge in [-0.1, -0.05) is 115 Å². The van der Waals surface area contributed by atoms with Gasteiger partial charge in [-0.25, -0.2) is 15.0 Å². The summed E-state index contributed by atoms with van der Waals surface area (Å²) in [5.41, 5.74) is 10.4. The van der Waals surface area contributed by atoms with E-state index in [0.29, 0.717) is 17.5 Å². The quantitative estimate of drug-likeness (QED) is 0.188. The van der Waals surface area contributed by atoms with Gasteiger partial charge in [0.1, 0.15) is 11.2 Å². The van der Waals surface area contributed by atoms with Crippen LogP contribution in [-0.4, -0.2) is 19.5 Å². The number of benzene rings is 8. The second-order valence-corrected chi connectivity index (χ2v) is 13.6. The highest BCUT2D eigenvalue weighted by Crippen LogP contribution is 2.50. The van der Waals surface area contributed by atoms with E-state index in [2.05, 4.69) is 132 Å². The zero-order chi connectivity index (χ0) is 33.9. The number of aromatic nitrogens is 4. The minimum absolute atomic E-state index is 0.626. The van der Waals surface area contributed by atoms with Crippen LogP contribution < -0.4 is 0 Å². The lowest BCUT2D eigenvalue weighted by Gasteiger charge is -2.13.